The van der Waals surface area contributed by atoms with Crippen LogP contribution in [0.25, 0.3) is 0 Å². The molecule has 102 valence electrons. The van der Waals surface area contributed by atoms with Crippen LogP contribution in [0.1, 0.15) is 37.3 Å². The Bertz CT molecular complexity index is 343. The predicted molar refractivity (Wildman–Crippen MR) is 77.6 cm³/mol. The molecule has 0 unspecified atom stereocenters. The summed E-state index contributed by atoms with van der Waals surface area (Å²) in [6.45, 7) is 9.41. The van der Waals surface area contributed by atoms with E-state index in [2.05, 4.69) is 12.2 Å². The molecule has 18 heavy (non-hydrogen) atoms. The summed E-state index contributed by atoms with van der Waals surface area (Å²) in [6.07, 6.45) is 3.66. The topological polar surface area (TPSA) is 25.8 Å². The highest BCUT2D eigenvalue weighted by Gasteiger charge is 2.03. The van der Waals surface area contributed by atoms with E-state index in [1.165, 1.54) is 19.4 Å². The van der Waals surface area contributed by atoms with Gasteiger partial charge in [0, 0.05) is 11.4 Å². The summed E-state index contributed by atoms with van der Waals surface area (Å²) in [4.78, 5) is 0. The van der Waals surface area contributed by atoms with Gasteiger partial charge in [0.1, 0.15) is 5.75 Å². The van der Waals surface area contributed by atoms with Gasteiger partial charge in [-0.1, -0.05) is 24.9 Å². The van der Waals surface area contributed by atoms with Crippen molar-refractivity contribution in [2.75, 3.05) is 19.7 Å². The molecule has 0 bridgehead atoms. The third-order valence-corrected chi connectivity index (χ3v) is 3.59. The molecule has 1 rings (SSSR count). The minimum absolute atomic E-state index is 0.781. The number of benzene rings is 1. The van der Waals surface area contributed by atoms with Gasteiger partial charge >= 0.3 is 0 Å². The van der Waals surface area contributed by atoms with Crippen molar-refractivity contribution in [3.05, 3.63) is 28.3 Å². The molecule has 0 aliphatic heterocycles. The number of ether oxygens (including phenoxy) is 1. The van der Waals surface area contributed by atoms with Crippen molar-refractivity contribution in [1.29, 1.82) is 0 Å². The summed E-state index contributed by atoms with van der Waals surface area (Å²) in [5.41, 5.74) is 2.17. The van der Waals surface area contributed by atoms with Crippen LogP contribution in [0, 0.1) is 13.8 Å². The molecule has 1 aromatic carbocycles. The molecule has 0 atom stereocenters. The van der Waals surface area contributed by atoms with Gasteiger partial charge < -0.3 is 10.1 Å². The lowest BCUT2D eigenvalue weighted by Gasteiger charge is -2.09. The van der Waals surface area contributed by atoms with Gasteiger partial charge in [0.15, 0.2) is 0 Å². The van der Waals surface area contributed by atoms with Crippen LogP contribution in [0.3, 0.4) is 0 Å². The fourth-order valence-corrected chi connectivity index (χ4v) is 2.01. The first-order chi connectivity index (χ1) is 8.65. The maximum atomic E-state index is 6.12. The number of nitrogens with two attached hydrogens (primary N) is 1. The van der Waals surface area contributed by atoms with Gasteiger partial charge in [0.05, 0.1) is 19.7 Å². The number of hydrogen-bond acceptors (Lipinski definition) is 1. The Morgan fingerprint density at radius 1 is 1.11 bits per heavy atom. The molecule has 1 aromatic rings. The minimum atomic E-state index is 0.781. The molecular formula is C15H25ClNO+. The summed E-state index contributed by atoms with van der Waals surface area (Å²) < 4.78 is 5.75. The Balaban J connectivity index is 2.23. The van der Waals surface area contributed by atoms with E-state index >= 15 is 0 Å². The molecule has 2 nitrogen and oxygen atoms in total. The second kappa shape index (κ2) is 8.39. The van der Waals surface area contributed by atoms with Crippen LogP contribution in [0.5, 0.6) is 5.75 Å². The number of rotatable bonds is 8. The van der Waals surface area contributed by atoms with Crippen molar-refractivity contribution >= 4 is 11.6 Å². The summed E-state index contributed by atoms with van der Waals surface area (Å²) in [7, 11) is 0. The molecule has 0 radical (unpaired) electrons. The van der Waals surface area contributed by atoms with Crippen LogP contribution in [0.15, 0.2) is 12.1 Å². The van der Waals surface area contributed by atoms with Gasteiger partial charge in [-0.3, -0.25) is 0 Å². The largest absolute Gasteiger partial charge is 0.493 e. The van der Waals surface area contributed by atoms with Crippen molar-refractivity contribution in [3.8, 4) is 5.75 Å². The fraction of sp³-hybridized carbons (Fsp3) is 0.600. The molecule has 0 spiro atoms. The second-order valence-electron chi connectivity index (χ2n) is 4.79. The Kier molecular flexibility index (Phi) is 7.14. The molecular weight excluding hydrogens is 246 g/mol. The van der Waals surface area contributed by atoms with E-state index in [4.69, 9.17) is 16.3 Å². The molecule has 0 aromatic heterocycles. The maximum Gasteiger partial charge on any atom is 0.119 e. The molecule has 0 heterocycles. The van der Waals surface area contributed by atoms with Gasteiger partial charge in [-0.2, -0.15) is 0 Å². The smallest absolute Gasteiger partial charge is 0.119 e. The lowest BCUT2D eigenvalue weighted by molar-refractivity contribution is -0.655. The predicted octanol–water partition coefficient (Wildman–Crippen LogP) is 3.09. The Hall–Kier alpha value is -0.730. The third kappa shape index (κ3) is 5.28. The highest BCUT2D eigenvalue weighted by atomic mass is 35.5. The van der Waals surface area contributed by atoms with Crippen molar-refractivity contribution in [2.24, 2.45) is 0 Å². The van der Waals surface area contributed by atoms with Crippen molar-refractivity contribution in [3.63, 3.8) is 0 Å². The van der Waals surface area contributed by atoms with Crippen LogP contribution < -0.4 is 10.1 Å². The first-order valence-electron chi connectivity index (χ1n) is 6.86. The lowest BCUT2D eigenvalue weighted by Crippen LogP contribution is -2.84. The van der Waals surface area contributed by atoms with E-state index in [-0.39, 0.29) is 0 Å². The zero-order chi connectivity index (χ0) is 13.4. The fourth-order valence-electron chi connectivity index (χ4n) is 1.90. The van der Waals surface area contributed by atoms with E-state index in [0.717, 1.165) is 41.5 Å². The van der Waals surface area contributed by atoms with Crippen LogP contribution >= 0.6 is 11.6 Å². The van der Waals surface area contributed by atoms with Crippen LogP contribution in [-0.4, -0.2) is 19.7 Å². The normalized spacial score (nSPS) is 10.7. The van der Waals surface area contributed by atoms with Gasteiger partial charge in [0.25, 0.3) is 0 Å². The van der Waals surface area contributed by atoms with Gasteiger partial charge in [-0.25, -0.2) is 0 Å². The van der Waals surface area contributed by atoms with Crippen LogP contribution in [0.2, 0.25) is 5.02 Å². The zero-order valence-electron chi connectivity index (χ0n) is 11.8. The van der Waals surface area contributed by atoms with Crippen LogP contribution in [-0.2, 0) is 0 Å². The molecule has 2 N–H and O–H groups in total. The summed E-state index contributed by atoms with van der Waals surface area (Å²) in [5, 5.41) is 3.21. The van der Waals surface area contributed by atoms with Crippen molar-refractivity contribution in [2.45, 2.75) is 40.0 Å². The third-order valence-electron chi connectivity index (χ3n) is 2.99. The molecule has 0 aliphatic rings. The average molecular weight is 271 g/mol. The number of quaternary nitrogens is 1. The molecule has 0 saturated carbocycles. The quantitative estimate of drug-likeness (QED) is 0.722. The molecule has 0 aliphatic carbocycles. The van der Waals surface area contributed by atoms with E-state index in [0.29, 0.717) is 0 Å². The van der Waals surface area contributed by atoms with Crippen molar-refractivity contribution < 1.29 is 10.1 Å². The Morgan fingerprint density at radius 3 is 2.33 bits per heavy atom. The molecule has 3 heteroatoms. The standard InChI is InChI=1S/C15H24ClNO/c1-4-5-7-17-8-6-9-18-14-10-12(2)15(16)13(3)11-14/h10-11,17H,4-9H2,1-3H3/p+1. The van der Waals surface area contributed by atoms with E-state index < -0.39 is 0 Å². The number of halogens is 1. The first-order valence-corrected chi connectivity index (χ1v) is 7.24. The molecule has 0 amide bonds. The summed E-state index contributed by atoms with van der Waals surface area (Å²) in [5.74, 6) is 0.933. The average Bonchev–Trinajstić information content (AvgIpc) is 2.34. The van der Waals surface area contributed by atoms with Crippen LogP contribution in [0.4, 0.5) is 0 Å². The molecule has 0 fully saturated rings. The lowest BCUT2D eigenvalue weighted by atomic mass is 10.1. The number of aryl methyl sites for hydroxylation is 2. The maximum absolute atomic E-state index is 6.12. The monoisotopic (exact) mass is 270 g/mol. The van der Waals surface area contributed by atoms with E-state index in [1.54, 1.807) is 0 Å². The van der Waals surface area contributed by atoms with E-state index in [1.807, 2.05) is 26.0 Å². The molecule has 0 saturated heterocycles. The minimum Gasteiger partial charge on any atom is -0.493 e. The second-order valence-corrected chi connectivity index (χ2v) is 5.17. The summed E-state index contributed by atoms with van der Waals surface area (Å²) >= 11 is 6.12. The van der Waals surface area contributed by atoms with Gasteiger partial charge in [0.2, 0.25) is 0 Å². The number of hydrogen-bond donors (Lipinski definition) is 1. The van der Waals surface area contributed by atoms with Crippen molar-refractivity contribution in [1.82, 2.24) is 0 Å². The van der Waals surface area contributed by atoms with E-state index in [9.17, 15) is 0 Å². The number of unbranched alkanes of at least 4 members (excludes halogenated alkanes) is 1. The highest BCUT2D eigenvalue weighted by Crippen LogP contribution is 2.25. The Labute approximate surface area is 116 Å². The SMILES string of the molecule is CCCC[NH2+]CCCOc1cc(C)c(Cl)c(C)c1. The highest BCUT2D eigenvalue weighted by molar-refractivity contribution is 6.32. The zero-order valence-corrected chi connectivity index (χ0v) is 12.5. The van der Waals surface area contributed by atoms with Gasteiger partial charge in [-0.05, 0) is 43.5 Å². The summed E-state index contributed by atoms with van der Waals surface area (Å²) in [6, 6.07) is 4.02. The first kappa shape index (κ1) is 15.3. The Morgan fingerprint density at radius 2 is 1.72 bits per heavy atom. The van der Waals surface area contributed by atoms with Gasteiger partial charge in [-0.15, -0.1) is 0 Å².